The van der Waals surface area contributed by atoms with Gasteiger partial charge in [-0.05, 0) is 43.0 Å². The molecule has 0 aromatic heterocycles. The fourth-order valence-corrected chi connectivity index (χ4v) is 3.41. The number of ether oxygens (including phenoxy) is 1. The molecule has 112 valence electrons. The smallest absolute Gasteiger partial charge is 0.337 e. The number of hydrogen-bond donors (Lipinski definition) is 1. The Balaban J connectivity index is 1.70. The van der Waals surface area contributed by atoms with Crippen LogP contribution in [-0.4, -0.2) is 42.1 Å². The maximum atomic E-state index is 11.5. The second-order valence-electron chi connectivity index (χ2n) is 6.05. The summed E-state index contributed by atoms with van der Waals surface area (Å²) in [5.41, 5.74) is 1.03. The van der Waals surface area contributed by atoms with Crippen LogP contribution in [0.4, 0.5) is 0 Å². The van der Waals surface area contributed by atoms with Gasteiger partial charge in [0.1, 0.15) is 0 Å². The highest BCUT2D eigenvalue weighted by Crippen LogP contribution is 2.57. The standard InChI is InChI=1S/C16H19NO4/c1-21-14(18)12-4-2-3-11(7-12)9-17-6-5-13-8-16(13,10-17)15(19)20/h2-4,7,13H,5-6,8-10H2,1H3,(H,19,20). The van der Waals surface area contributed by atoms with Crippen molar-refractivity contribution in [1.82, 2.24) is 4.90 Å². The number of piperidine rings is 1. The van der Waals surface area contributed by atoms with Crippen molar-refractivity contribution < 1.29 is 19.4 Å². The molecule has 1 heterocycles. The van der Waals surface area contributed by atoms with Crippen LogP contribution in [0.5, 0.6) is 0 Å². The van der Waals surface area contributed by atoms with Crippen LogP contribution in [0, 0.1) is 11.3 Å². The molecule has 1 saturated heterocycles. The Morgan fingerprint density at radius 3 is 3.00 bits per heavy atom. The lowest BCUT2D eigenvalue weighted by Gasteiger charge is -2.30. The normalized spacial score (nSPS) is 27.8. The number of carbonyl (C=O) groups excluding carboxylic acids is 1. The summed E-state index contributed by atoms with van der Waals surface area (Å²) < 4.78 is 4.72. The zero-order chi connectivity index (χ0) is 15.0. The van der Waals surface area contributed by atoms with Crippen LogP contribution in [0.1, 0.15) is 28.8 Å². The van der Waals surface area contributed by atoms with E-state index in [1.54, 1.807) is 6.07 Å². The Morgan fingerprint density at radius 2 is 2.29 bits per heavy atom. The predicted molar refractivity (Wildman–Crippen MR) is 75.9 cm³/mol. The van der Waals surface area contributed by atoms with Crippen LogP contribution in [-0.2, 0) is 16.1 Å². The molecule has 1 N–H and O–H groups in total. The molecule has 1 saturated carbocycles. The number of nitrogens with zero attached hydrogens (tertiary/aromatic N) is 1. The summed E-state index contributed by atoms with van der Waals surface area (Å²) in [6, 6.07) is 7.33. The Morgan fingerprint density at radius 1 is 1.48 bits per heavy atom. The molecule has 1 aromatic rings. The van der Waals surface area contributed by atoms with Crippen LogP contribution >= 0.6 is 0 Å². The third-order valence-corrected chi connectivity index (χ3v) is 4.71. The van der Waals surface area contributed by atoms with E-state index in [2.05, 4.69) is 4.90 Å². The number of carboxylic acid groups (broad SMARTS) is 1. The molecule has 1 aromatic carbocycles. The molecule has 2 aliphatic rings. The van der Waals surface area contributed by atoms with Crippen LogP contribution in [0.2, 0.25) is 0 Å². The monoisotopic (exact) mass is 289 g/mol. The number of fused-ring (bicyclic) bond motifs is 1. The van der Waals surface area contributed by atoms with Crippen LogP contribution in [0.3, 0.4) is 0 Å². The molecule has 2 fully saturated rings. The molecule has 3 rings (SSSR count). The second-order valence-corrected chi connectivity index (χ2v) is 6.05. The van der Waals surface area contributed by atoms with E-state index in [0.29, 0.717) is 24.6 Å². The van der Waals surface area contributed by atoms with Crippen molar-refractivity contribution in [2.75, 3.05) is 20.2 Å². The number of hydrogen-bond acceptors (Lipinski definition) is 4. The van der Waals surface area contributed by atoms with Gasteiger partial charge < -0.3 is 9.84 Å². The first-order valence-electron chi connectivity index (χ1n) is 7.18. The molecular formula is C16H19NO4. The first kappa shape index (κ1) is 14.1. The minimum Gasteiger partial charge on any atom is -0.481 e. The minimum atomic E-state index is -0.666. The van der Waals surface area contributed by atoms with Gasteiger partial charge in [0.2, 0.25) is 0 Å². The van der Waals surface area contributed by atoms with E-state index in [4.69, 9.17) is 4.74 Å². The molecule has 5 heteroatoms. The molecule has 1 aliphatic carbocycles. The van der Waals surface area contributed by atoms with Crippen LogP contribution in [0.15, 0.2) is 24.3 Å². The van der Waals surface area contributed by atoms with Gasteiger partial charge in [-0.3, -0.25) is 9.69 Å². The lowest BCUT2D eigenvalue weighted by atomic mass is 9.97. The molecular weight excluding hydrogens is 270 g/mol. The zero-order valence-electron chi connectivity index (χ0n) is 12.0. The lowest BCUT2D eigenvalue weighted by Crippen LogP contribution is -2.40. The number of aliphatic carboxylic acids is 1. The minimum absolute atomic E-state index is 0.347. The third kappa shape index (κ3) is 2.53. The number of methoxy groups -OCH3 is 1. The summed E-state index contributed by atoms with van der Waals surface area (Å²) in [5, 5.41) is 9.38. The first-order valence-corrected chi connectivity index (χ1v) is 7.18. The number of esters is 1. The summed E-state index contributed by atoms with van der Waals surface area (Å²) in [6.07, 6.45) is 1.75. The van der Waals surface area contributed by atoms with Crippen molar-refractivity contribution in [3.8, 4) is 0 Å². The van der Waals surface area contributed by atoms with Gasteiger partial charge in [0, 0.05) is 13.1 Å². The third-order valence-electron chi connectivity index (χ3n) is 4.71. The molecule has 2 unspecified atom stereocenters. The van der Waals surface area contributed by atoms with Gasteiger partial charge in [-0.25, -0.2) is 4.79 Å². The Labute approximate surface area is 123 Å². The summed E-state index contributed by atoms with van der Waals surface area (Å²) in [5.74, 6) is -0.659. The van der Waals surface area contributed by atoms with Crippen molar-refractivity contribution >= 4 is 11.9 Å². The fraction of sp³-hybridized carbons (Fsp3) is 0.500. The predicted octanol–water partition coefficient (Wildman–Crippen LogP) is 1.77. The van der Waals surface area contributed by atoms with E-state index in [-0.39, 0.29) is 5.97 Å². The van der Waals surface area contributed by atoms with Gasteiger partial charge in [0.15, 0.2) is 0 Å². The largest absolute Gasteiger partial charge is 0.481 e. The molecule has 0 radical (unpaired) electrons. The Bertz CT molecular complexity index is 585. The highest BCUT2D eigenvalue weighted by molar-refractivity contribution is 5.89. The Hall–Kier alpha value is -1.88. The van der Waals surface area contributed by atoms with Gasteiger partial charge in [-0.2, -0.15) is 0 Å². The van der Waals surface area contributed by atoms with E-state index < -0.39 is 11.4 Å². The van der Waals surface area contributed by atoms with Crippen molar-refractivity contribution in [1.29, 1.82) is 0 Å². The summed E-state index contributed by atoms with van der Waals surface area (Å²) in [4.78, 5) is 25.1. The van der Waals surface area contributed by atoms with Crippen molar-refractivity contribution in [2.45, 2.75) is 19.4 Å². The average Bonchev–Trinajstić information content (AvgIpc) is 3.22. The molecule has 0 spiro atoms. The van der Waals surface area contributed by atoms with Gasteiger partial charge in [-0.15, -0.1) is 0 Å². The highest BCUT2D eigenvalue weighted by Gasteiger charge is 2.62. The number of rotatable bonds is 4. The topological polar surface area (TPSA) is 66.8 Å². The van der Waals surface area contributed by atoms with Crippen LogP contribution in [0.25, 0.3) is 0 Å². The highest BCUT2D eigenvalue weighted by atomic mass is 16.5. The molecule has 21 heavy (non-hydrogen) atoms. The quantitative estimate of drug-likeness (QED) is 0.856. The molecule has 2 atom stereocenters. The molecule has 5 nitrogen and oxygen atoms in total. The molecule has 0 amide bonds. The van der Waals surface area contributed by atoms with E-state index in [0.717, 1.165) is 24.9 Å². The van der Waals surface area contributed by atoms with Crippen molar-refractivity contribution in [2.24, 2.45) is 11.3 Å². The number of carboxylic acids is 1. The van der Waals surface area contributed by atoms with E-state index in [9.17, 15) is 14.7 Å². The van der Waals surface area contributed by atoms with Gasteiger partial charge in [0.05, 0.1) is 18.1 Å². The molecule has 1 aliphatic heterocycles. The Kier molecular flexibility index (Phi) is 3.45. The van der Waals surface area contributed by atoms with E-state index >= 15 is 0 Å². The summed E-state index contributed by atoms with van der Waals surface area (Å²) >= 11 is 0. The summed E-state index contributed by atoms with van der Waals surface area (Å²) in [6.45, 7) is 2.20. The SMILES string of the molecule is COC(=O)c1cccc(CN2CCC3CC3(C(=O)O)C2)c1. The van der Waals surface area contributed by atoms with E-state index in [1.165, 1.54) is 7.11 Å². The number of likely N-dealkylation sites (tertiary alicyclic amines) is 1. The molecule has 0 bridgehead atoms. The van der Waals surface area contributed by atoms with Gasteiger partial charge >= 0.3 is 11.9 Å². The summed E-state index contributed by atoms with van der Waals surface area (Å²) in [7, 11) is 1.36. The first-order chi connectivity index (χ1) is 10.0. The van der Waals surface area contributed by atoms with Crippen LogP contribution < -0.4 is 0 Å². The van der Waals surface area contributed by atoms with Crippen molar-refractivity contribution in [3.05, 3.63) is 35.4 Å². The van der Waals surface area contributed by atoms with Gasteiger partial charge in [-0.1, -0.05) is 12.1 Å². The maximum absolute atomic E-state index is 11.5. The maximum Gasteiger partial charge on any atom is 0.337 e. The number of benzene rings is 1. The lowest BCUT2D eigenvalue weighted by molar-refractivity contribution is -0.145. The second kappa shape index (κ2) is 5.15. The fourth-order valence-electron chi connectivity index (χ4n) is 3.41. The van der Waals surface area contributed by atoms with E-state index in [1.807, 2.05) is 18.2 Å². The zero-order valence-corrected chi connectivity index (χ0v) is 12.0. The average molecular weight is 289 g/mol. The number of carbonyl (C=O) groups is 2. The van der Waals surface area contributed by atoms with Gasteiger partial charge in [0.25, 0.3) is 0 Å². The van der Waals surface area contributed by atoms with Crippen molar-refractivity contribution in [3.63, 3.8) is 0 Å².